The fourth-order valence-electron chi connectivity index (χ4n) is 3.88. The minimum atomic E-state index is -0.666. The Labute approximate surface area is 152 Å². The van der Waals surface area contributed by atoms with Crippen LogP contribution in [0.25, 0.3) is 11.0 Å². The Bertz CT molecular complexity index is 846. The van der Waals surface area contributed by atoms with Gasteiger partial charge in [0.05, 0.1) is 12.0 Å². The Morgan fingerprint density at radius 2 is 1.69 bits per heavy atom. The molecule has 1 fully saturated rings. The minimum Gasteiger partial charge on any atom is -0.481 e. The summed E-state index contributed by atoms with van der Waals surface area (Å²) in [6.45, 7) is 0. The number of hydrogen-bond donors (Lipinski definition) is 2. The van der Waals surface area contributed by atoms with Crippen LogP contribution in [0.4, 0.5) is 0 Å². The van der Waals surface area contributed by atoms with Crippen molar-refractivity contribution in [1.82, 2.24) is 5.32 Å². The van der Waals surface area contributed by atoms with E-state index in [-0.39, 0.29) is 12.0 Å². The summed E-state index contributed by atoms with van der Waals surface area (Å²) < 4.78 is 6.13. The van der Waals surface area contributed by atoms with Crippen molar-refractivity contribution in [1.29, 1.82) is 0 Å². The first-order chi connectivity index (χ1) is 12.7. The summed E-state index contributed by atoms with van der Waals surface area (Å²) in [6.07, 6.45) is 3.21. The molecule has 0 aliphatic heterocycles. The van der Waals surface area contributed by atoms with Crippen molar-refractivity contribution in [3.63, 3.8) is 0 Å². The second kappa shape index (κ2) is 7.34. The number of carbonyl (C=O) groups is 1. The Morgan fingerprint density at radius 1 is 1.00 bits per heavy atom. The Hall–Kier alpha value is -2.59. The van der Waals surface area contributed by atoms with E-state index in [9.17, 15) is 9.90 Å². The molecule has 1 heterocycles. The molecule has 4 nitrogen and oxygen atoms in total. The Balaban J connectivity index is 1.59. The first kappa shape index (κ1) is 16.9. The highest BCUT2D eigenvalue weighted by Crippen LogP contribution is 2.31. The number of fused-ring (bicyclic) bond motifs is 1. The van der Waals surface area contributed by atoms with Gasteiger partial charge >= 0.3 is 5.97 Å². The van der Waals surface area contributed by atoms with Crippen molar-refractivity contribution in [2.24, 2.45) is 5.92 Å². The van der Waals surface area contributed by atoms with Crippen molar-refractivity contribution in [3.05, 3.63) is 72.0 Å². The number of benzene rings is 2. The third kappa shape index (κ3) is 3.51. The quantitative estimate of drug-likeness (QED) is 0.697. The van der Waals surface area contributed by atoms with E-state index in [1.165, 1.54) is 0 Å². The van der Waals surface area contributed by atoms with Crippen molar-refractivity contribution in [3.8, 4) is 0 Å². The Kier molecular flexibility index (Phi) is 4.76. The molecule has 1 unspecified atom stereocenters. The van der Waals surface area contributed by atoms with Gasteiger partial charge in [-0.25, -0.2) is 0 Å². The molecule has 0 spiro atoms. The van der Waals surface area contributed by atoms with Gasteiger partial charge in [0.2, 0.25) is 0 Å². The molecule has 1 saturated carbocycles. The van der Waals surface area contributed by atoms with Crippen LogP contribution >= 0.6 is 0 Å². The lowest BCUT2D eigenvalue weighted by molar-refractivity contribution is -0.142. The highest BCUT2D eigenvalue weighted by Gasteiger charge is 2.29. The monoisotopic (exact) mass is 349 g/mol. The summed E-state index contributed by atoms with van der Waals surface area (Å²) in [4.78, 5) is 11.2. The van der Waals surface area contributed by atoms with Crippen LogP contribution < -0.4 is 5.32 Å². The number of rotatable bonds is 5. The topological polar surface area (TPSA) is 62.5 Å². The molecule has 4 rings (SSSR count). The molecule has 0 radical (unpaired) electrons. The SMILES string of the molecule is O=C(O)C1CCC(NC(c2ccccc2)c2cc3ccccc3o2)CC1. The van der Waals surface area contributed by atoms with Gasteiger partial charge < -0.3 is 14.8 Å². The summed E-state index contributed by atoms with van der Waals surface area (Å²) in [5, 5.41) is 14.0. The first-order valence-electron chi connectivity index (χ1n) is 9.23. The molecule has 0 saturated heterocycles. The summed E-state index contributed by atoms with van der Waals surface area (Å²) in [5.41, 5.74) is 2.05. The summed E-state index contributed by atoms with van der Waals surface area (Å²) >= 11 is 0. The van der Waals surface area contributed by atoms with E-state index in [0.717, 1.165) is 48.0 Å². The van der Waals surface area contributed by atoms with Crippen LogP contribution in [0.1, 0.15) is 43.0 Å². The number of para-hydroxylation sites is 1. The fourth-order valence-corrected chi connectivity index (χ4v) is 3.88. The van der Waals surface area contributed by atoms with Gasteiger partial charge in [-0.15, -0.1) is 0 Å². The molecule has 1 atom stereocenters. The zero-order chi connectivity index (χ0) is 17.9. The third-order valence-electron chi connectivity index (χ3n) is 5.34. The molecule has 134 valence electrons. The zero-order valence-electron chi connectivity index (χ0n) is 14.6. The molecule has 2 aromatic carbocycles. The van der Waals surface area contributed by atoms with Gasteiger partial charge in [-0.3, -0.25) is 4.79 Å². The molecular formula is C22H23NO3. The number of nitrogens with one attached hydrogen (secondary N) is 1. The van der Waals surface area contributed by atoms with E-state index < -0.39 is 5.97 Å². The highest BCUT2D eigenvalue weighted by molar-refractivity contribution is 5.78. The molecule has 4 heteroatoms. The maximum atomic E-state index is 11.2. The summed E-state index contributed by atoms with van der Waals surface area (Å²) in [5.74, 6) is 0.0347. The molecule has 2 N–H and O–H groups in total. The van der Waals surface area contributed by atoms with Crippen LogP contribution in [-0.4, -0.2) is 17.1 Å². The smallest absolute Gasteiger partial charge is 0.306 e. The minimum absolute atomic E-state index is 0.0324. The number of aliphatic carboxylic acids is 1. The standard InChI is InChI=1S/C22H23NO3/c24-22(25)16-10-12-18(13-11-16)23-21(15-6-2-1-3-7-15)20-14-17-8-4-5-9-19(17)26-20/h1-9,14,16,18,21,23H,10-13H2,(H,24,25). The summed E-state index contributed by atoms with van der Waals surface area (Å²) in [6, 6.07) is 20.7. The molecule has 1 aliphatic rings. The van der Waals surface area contributed by atoms with E-state index in [1.54, 1.807) is 0 Å². The molecule has 1 aliphatic carbocycles. The molecule has 0 amide bonds. The zero-order valence-corrected chi connectivity index (χ0v) is 14.6. The molecule has 1 aromatic heterocycles. The maximum Gasteiger partial charge on any atom is 0.306 e. The predicted octanol–water partition coefficient (Wildman–Crippen LogP) is 4.76. The normalized spacial score (nSPS) is 21.5. The molecular weight excluding hydrogens is 326 g/mol. The van der Waals surface area contributed by atoms with E-state index >= 15 is 0 Å². The lowest BCUT2D eigenvalue weighted by Gasteiger charge is -2.30. The number of furan rings is 1. The third-order valence-corrected chi connectivity index (χ3v) is 5.34. The maximum absolute atomic E-state index is 11.2. The van der Waals surface area contributed by atoms with Gasteiger partial charge in [0.15, 0.2) is 0 Å². The van der Waals surface area contributed by atoms with E-state index in [2.05, 4.69) is 29.6 Å². The van der Waals surface area contributed by atoms with Crippen LogP contribution in [-0.2, 0) is 4.79 Å². The average molecular weight is 349 g/mol. The molecule has 26 heavy (non-hydrogen) atoms. The largest absolute Gasteiger partial charge is 0.481 e. The van der Waals surface area contributed by atoms with Gasteiger partial charge in [0.1, 0.15) is 11.3 Å². The molecule has 0 bridgehead atoms. The lowest BCUT2D eigenvalue weighted by atomic mass is 9.85. The van der Waals surface area contributed by atoms with Crippen LogP contribution in [0.5, 0.6) is 0 Å². The van der Waals surface area contributed by atoms with Gasteiger partial charge in [-0.2, -0.15) is 0 Å². The van der Waals surface area contributed by atoms with Gasteiger partial charge in [0, 0.05) is 11.4 Å². The highest BCUT2D eigenvalue weighted by atomic mass is 16.4. The first-order valence-corrected chi connectivity index (χ1v) is 9.23. The second-order valence-corrected chi connectivity index (χ2v) is 7.08. The lowest BCUT2D eigenvalue weighted by Crippen LogP contribution is -2.37. The second-order valence-electron chi connectivity index (χ2n) is 7.08. The predicted molar refractivity (Wildman–Crippen MR) is 101 cm³/mol. The van der Waals surface area contributed by atoms with Crippen LogP contribution in [0.2, 0.25) is 0 Å². The van der Waals surface area contributed by atoms with Crippen molar-refractivity contribution >= 4 is 16.9 Å². The van der Waals surface area contributed by atoms with Gasteiger partial charge in [-0.1, -0.05) is 48.5 Å². The van der Waals surface area contributed by atoms with Crippen LogP contribution in [0.3, 0.4) is 0 Å². The number of carboxylic acids is 1. The van der Waals surface area contributed by atoms with Crippen molar-refractivity contribution in [2.45, 2.75) is 37.8 Å². The number of hydrogen-bond acceptors (Lipinski definition) is 3. The van der Waals surface area contributed by atoms with E-state index in [4.69, 9.17) is 4.42 Å². The average Bonchev–Trinajstić information content (AvgIpc) is 3.11. The fraction of sp³-hybridized carbons (Fsp3) is 0.318. The molecule has 3 aromatic rings. The Morgan fingerprint density at radius 3 is 2.38 bits per heavy atom. The number of carboxylic acid groups (broad SMARTS) is 1. The van der Waals surface area contributed by atoms with Crippen molar-refractivity contribution < 1.29 is 14.3 Å². The van der Waals surface area contributed by atoms with Crippen LogP contribution in [0.15, 0.2) is 65.1 Å². The summed E-state index contributed by atoms with van der Waals surface area (Å²) in [7, 11) is 0. The van der Waals surface area contributed by atoms with Gasteiger partial charge in [-0.05, 0) is 43.4 Å². The van der Waals surface area contributed by atoms with Gasteiger partial charge in [0.25, 0.3) is 0 Å². The van der Waals surface area contributed by atoms with E-state index in [0.29, 0.717) is 6.04 Å². The van der Waals surface area contributed by atoms with E-state index in [1.807, 2.05) is 36.4 Å². The van der Waals surface area contributed by atoms with Crippen molar-refractivity contribution in [2.75, 3.05) is 0 Å². The van der Waals surface area contributed by atoms with Crippen LogP contribution in [0, 0.1) is 5.92 Å².